The Morgan fingerprint density at radius 3 is 2.68 bits per heavy atom. The molecule has 0 fully saturated rings. The molecule has 0 aliphatic heterocycles. The van der Waals surface area contributed by atoms with Crippen molar-refractivity contribution in [3.8, 4) is 5.75 Å². The quantitative estimate of drug-likeness (QED) is 0.900. The molecule has 0 aliphatic carbocycles. The van der Waals surface area contributed by atoms with Crippen molar-refractivity contribution in [3.05, 3.63) is 45.9 Å². The average molecular weight is 276 g/mol. The number of thiazole rings is 1. The Kier molecular flexibility index (Phi) is 4.56. The zero-order valence-electron chi connectivity index (χ0n) is 11.8. The second kappa shape index (κ2) is 6.17. The van der Waals surface area contributed by atoms with Gasteiger partial charge in [0.05, 0.1) is 18.3 Å². The van der Waals surface area contributed by atoms with E-state index in [1.807, 2.05) is 17.6 Å². The van der Waals surface area contributed by atoms with Crippen molar-refractivity contribution in [1.82, 2.24) is 10.3 Å². The van der Waals surface area contributed by atoms with Gasteiger partial charge in [-0.1, -0.05) is 12.1 Å². The number of ether oxygens (including phenoxy) is 1. The van der Waals surface area contributed by atoms with Crippen LogP contribution in [0.4, 0.5) is 0 Å². The van der Waals surface area contributed by atoms with E-state index in [1.54, 1.807) is 18.4 Å². The van der Waals surface area contributed by atoms with Gasteiger partial charge in [0.2, 0.25) is 0 Å². The third kappa shape index (κ3) is 3.33. The van der Waals surface area contributed by atoms with E-state index in [9.17, 15) is 0 Å². The summed E-state index contributed by atoms with van der Waals surface area (Å²) in [6, 6.07) is 8.75. The lowest BCUT2D eigenvalue weighted by molar-refractivity contribution is 0.412. The molecule has 4 heteroatoms. The minimum absolute atomic E-state index is 0.270. The van der Waals surface area contributed by atoms with Gasteiger partial charge in [0.1, 0.15) is 5.75 Å². The summed E-state index contributed by atoms with van der Waals surface area (Å²) in [6.07, 6.45) is 0. The molecular formula is C15H20N2OS. The summed E-state index contributed by atoms with van der Waals surface area (Å²) < 4.78 is 5.27. The van der Waals surface area contributed by atoms with Gasteiger partial charge in [-0.3, -0.25) is 0 Å². The van der Waals surface area contributed by atoms with Crippen molar-refractivity contribution in [1.29, 1.82) is 0 Å². The maximum atomic E-state index is 5.27. The summed E-state index contributed by atoms with van der Waals surface area (Å²) in [4.78, 5) is 5.60. The number of aryl methyl sites for hydroxylation is 1. The van der Waals surface area contributed by atoms with Crippen LogP contribution in [0.5, 0.6) is 5.75 Å². The van der Waals surface area contributed by atoms with Gasteiger partial charge in [-0.2, -0.15) is 0 Å². The smallest absolute Gasteiger partial charge is 0.119 e. The van der Waals surface area contributed by atoms with E-state index < -0.39 is 0 Å². The van der Waals surface area contributed by atoms with Crippen LogP contribution in [0.2, 0.25) is 0 Å². The van der Waals surface area contributed by atoms with Gasteiger partial charge in [-0.25, -0.2) is 4.98 Å². The van der Waals surface area contributed by atoms with E-state index in [2.05, 4.69) is 43.2 Å². The monoisotopic (exact) mass is 276 g/mol. The Morgan fingerprint density at radius 1 is 1.26 bits per heavy atom. The van der Waals surface area contributed by atoms with Crippen molar-refractivity contribution in [3.63, 3.8) is 0 Å². The van der Waals surface area contributed by atoms with Gasteiger partial charge in [-0.05, 0) is 38.5 Å². The first-order chi connectivity index (χ1) is 9.11. The summed E-state index contributed by atoms with van der Waals surface area (Å²) in [5.41, 5.74) is 4.25. The summed E-state index contributed by atoms with van der Waals surface area (Å²) in [6.45, 7) is 6.40. The molecule has 1 aromatic carbocycles. The number of aromatic nitrogens is 1. The third-order valence-electron chi connectivity index (χ3n) is 3.27. The molecule has 2 aromatic rings. The van der Waals surface area contributed by atoms with E-state index in [-0.39, 0.29) is 6.04 Å². The lowest BCUT2D eigenvalue weighted by atomic mass is 10.1. The molecule has 1 unspecified atom stereocenters. The molecule has 2 atom stereocenters. The van der Waals surface area contributed by atoms with Crippen molar-refractivity contribution in [2.45, 2.75) is 32.9 Å². The number of benzene rings is 1. The Morgan fingerprint density at radius 2 is 2.05 bits per heavy atom. The lowest BCUT2D eigenvalue weighted by Crippen LogP contribution is -2.22. The first-order valence-electron chi connectivity index (χ1n) is 6.41. The van der Waals surface area contributed by atoms with Crippen LogP contribution in [0.1, 0.15) is 42.1 Å². The van der Waals surface area contributed by atoms with Gasteiger partial charge in [0, 0.05) is 17.0 Å². The molecule has 0 spiro atoms. The fraction of sp³-hybridized carbons (Fsp3) is 0.400. The molecular weight excluding hydrogens is 256 g/mol. The van der Waals surface area contributed by atoms with Gasteiger partial charge >= 0.3 is 0 Å². The molecule has 19 heavy (non-hydrogen) atoms. The van der Waals surface area contributed by atoms with E-state index >= 15 is 0 Å². The highest BCUT2D eigenvalue weighted by molar-refractivity contribution is 7.09. The molecule has 0 amide bonds. The molecule has 1 N–H and O–H groups in total. The number of methoxy groups -OCH3 is 1. The van der Waals surface area contributed by atoms with Crippen molar-refractivity contribution < 1.29 is 4.74 Å². The minimum atomic E-state index is 0.270. The van der Waals surface area contributed by atoms with Gasteiger partial charge in [-0.15, -0.1) is 11.3 Å². The second-order valence-electron chi connectivity index (χ2n) is 4.69. The molecule has 0 aliphatic rings. The highest BCUT2D eigenvalue weighted by atomic mass is 32.1. The Bertz CT molecular complexity index is 538. The topological polar surface area (TPSA) is 34.1 Å². The van der Waals surface area contributed by atoms with Crippen LogP contribution >= 0.6 is 11.3 Å². The van der Waals surface area contributed by atoms with Crippen LogP contribution in [-0.2, 0) is 0 Å². The van der Waals surface area contributed by atoms with Crippen LogP contribution in [0.25, 0.3) is 0 Å². The highest BCUT2D eigenvalue weighted by Gasteiger charge is 2.14. The number of hydrogen-bond acceptors (Lipinski definition) is 4. The fourth-order valence-corrected chi connectivity index (χ4v) is 3.00. The number of nitrogens with zero attached hydrogens (tertiary/aromatic N) is 1. The van der Waals surface area contributed by atoms with Crippen molar-refractivity contribution >= 4 is 11.3 Å². The molecule has 102 valence electrons. The molecule has 0 saturated heterocycles. The molecule has 0 bridgehead atoms. The maximum absolute atomic E-state index is 5.27. The van der Waals surface area contributed by atoms with Crippen LogP contribution in [0.15, 0.2) is 29.8 Å². The van der Waals surface area contributed by atoms with E-state index in [4.69, 9.17) is 4.74 Å². The summed E-state index contributed by atoms with van der Waals surface area (Å²) in [5, 5.41) is 3.61. The SMILES string of the molecule is COc1cccc([C@H](C)NC(C)c2scnc2C)c1. The Hall–Kier alpha value is -1.39. The van der Waals surface area contributed by atoms with Crippen LogP contribution in [0, 0.1) is 6.92 Å². The van der Waals surface area contributed by atoms with Crippen LogP contribution in [-0.4, -0.2) is 12.1 Å². The number of hydrogen-bond donors (Lipinski definition) is 1. The zero-order valence-corrected chi connectivity index (χ0v) is 12.6. The first kappa shape index (κ1) is 14.0. The second-order valence-corrected chi connectivity index (χ2v) is 5.58. The molecule has 1 aromatic heterocycles. The molecule has 3 nitrogen and oxygen atoms in total. The van der Waals surface area contributed by atoms with Crippen molar-refractivity contribution in [2.75, 3.05) is 7.11 Å². The summed E-state index contributed by atoms with van der Waals surface area (Å²) in [5.74, 6) is 0.896. The van der Waals surface area contributed by atoms with Gasteiger partial charge in [0.15, 0.2) is 0 Å². The van der Waals surface area contributed by atoms with E-state index in [0.29, 0.717) is 6.04 Å². The predicted molar refractivity (Wildman–Crippen MR) is 79.8 cm³/mol. The molecule has 0 saturated carbocycles. The predicted octanol–water partition coefficient (Wildman–Crippen LogP) is 3.87. The van der Waals surface area contributed by atoms with Gasteiger partial charge < -0.3 is 10.1 Å². The first-order valence-corrected chi connectivity index (χ1v) is 7.29. The standard InChI is InChI=1S/C15H20N2OS/c1-10(13-6-5-7-14(8-13)18-4)17-12(3)15-11(2)16-9-19-15/h5-10,12,17H,1-4H3/t10-,12?/m0/s1. The van der Waals surface area contributed by atoms with Gasteiger partial charge in [0.25, 0.3) is 0 Å². The minimum Gasteiger partial charge on any atom is -0.497 e. The Balaban J connectivity index is 2.08. The highest BCUT2D eigenvalue weighted by Crippen LogP contribution is 2.25. The third-order valence-corrected chi connectivity index (χ3v) is 4.38. The number of nitrogens with one attached hydrogen (secondary N) is 1. The Labute approximate surface area is 118 Å². The van der Waals surface area contributed by atoms with E-state index in [1.165, 1.54) is 10.4 Å². The maximum Gasteiger partial charge on any atom is 0.119 e. The molecule has 1 heterocycles. The summed E-state index contributed by atoms with van der Waals surface area (Å²) >= 11 is 1.70. The average Bonchev–Trinajstić information content (AvgIpc) is 2.85. The van der Waals surface area contributed by atoms with Crippen molar-refractivity contribution in [2.24, 2.45) is 0 Å². The molecule has 0 radical (unpaired) electrons. The lowest BCUT2D eigenvalue weighted by Gasteiger charge is -2.20. The largest absolute Gasteiger partial charge is 0.497 e. The zero-order chi connectivity index (χ0) is 13.8. The van der Waals surface area contributed by atoms with E-state index in [0.717, 1.165) is 11.4 Å². The summed E-state index contributed by atoms with van der Waals surface area (Å²) in [7, 11) is 1.69. The normalized spacial score (nSPS) is 14.1. The molecule has 2 rings (SSSR count). The van der Waals surface area contributed by atoms with Crippen LogP contribution < -0.4 is 10.1 Å². The van der Waals surface area contributed by atoms with Crippen LogP contribution in [0.3, 0.4) is 0 Å². The number of rotatable bonds is 5. The fourth-order valence-electron chi connectivity index (χ4n) is 2.18.